The molecule has 3 N–H and O–H groups in total. The first-order valence-electron chi connectivity index (χ1n) is 7.84. The predicted octanol–water partition coefficient (Wildman–Crippen LogP) is 3.38. The van der Waals surface area contributed by atoms with E-state index in [2.05, 4.69) is 10.3 Å². The molecule has 26 heavy (non-hydrogen) atoms. The van der Waals surface area contributed by atoms with Crippen molar-refractivity contribution in [3.8, 4) is 0 Å². The van der Waals surface area contributed by atoms with Gasteiger partial charge in [0, 0.05) is 11.6 Å². The second kappa shape index (κ2) is 7.41. The maximum Gasteiger partial charge on any atom is 0.304 e. The smallest absolute Gasteiger partial charge is 0.304 e. The lowest BCUT2D eigenvalue weighted by Crippen LogP contribution is -2.23. The zero-order valence-electron chi connectivity index (χ0n) is 13.5. The van der Waals surface area contributed by atoms with Crippen LogP contribution in [-0.4, -0.2) is 22.0 Å². The number of fused-ring (bicyclic) bond motifs is 1. The molecule has 1 unspecified atom stereocenters. The van der Waals surface area contributed by atoms with Gasteiger partial charge >= 0.3 is 5.97 Å². The molecule has 1 aromatic heterocycles. The minimum Gasteiger partial charge on any atom is -0.481 e. The Morgan fingerprint density at radius 1 is 1.15 bits per heavy atom. The van der Waals surface area contributed by atoms with E-state index in [-0.39, 0.29) is 17.0 Å². The number of carbonyl (C=O) groups is 2. The summed E-state index contributed by atoms with van der Waals surface area (Å²) in [6.45, 7) is 0. The second-order valence-corrected chi connectivity index (χ2v) is 6.18. The van der Waals surface area contributed by atoms with E-state index < -0.39 is 17.8 Å². The molecule has 2 aromatic carbocycles. The zero-order chi connectivity index (χ0) is 18.7. The van der Waals surface area contributed by atoms with Crippen LogP contribution >= 0.6 is 11.6 Å². The number of amides is 1. The van der Waals surface area contributed by atoms with Gasteiger partial charge < -0.3 is 15.4 Å². The molecule has 0 saturated carbocycles. The summed E-state index contributed by atoms with van der Waals surface area (Å²) in [4.78, 5) is 38.2. The molecule has 0 aliphatic carbocycles. The van der Waals surface area contributed by atoms with E-state index in [4.69, 9.17) is 16.7 Å². The highest BCUT2D eigenvalue weighted by molar-refractivity contribution is 6.34. The van der Waals surface area contributed by atoms with Gasteiger partial charge in [-0.15, -0.1) is 0 Å². The fraction of sp³-hybridized carbons (Fsp3) is 0.105. The monoisotopic (exact) mass is 370 g/mol. The third-order valence-electron chi connectivity index (χ3n) is 4.02. The number of benzene rings is 2. The molecule has 1 amide bonds. The van der Waals surface area contributed by atoms with Gasteiger partial charge in [0.25, 0.3) is 5.56 Å². The number of rotatable bonds is 5. The summed E-state index contributed by atoms with van der Waals surface area (Å²) in [7, 11) is 0. The van der Waals surface area contributed by atoms with Crippen molar-refractivity contribution in [2.24, 2.45) is 0 Å². The lowest BCUT2D eigenvalue weighted by molar-refractivity contribution is -0.139. The average Bonchev–Trinajstić information content (AvgIpc) is 2.62. The van der Waals surface area contributed by atoms with Gasteiger partial charge in [0.1, 0.15) is 0 Å². The highest BCUT2D eigenvalue weighted by atomic mass is 35.5. The number of nitrogens with one attached hydrogen (secondary N) is 2. The van der Waals surface area contributed by atoms with Gasteiger partial charge in [0.15, 0.2) is 0 Å². The fourth-order valence-corrected chi connectivity index (χ4v) is 2.96. The van der Waals surface area contributed by atoms with Crippen molar-refractivity contribution < 1.29 is 14.7 Å². The second-order valence-electron chi connectivity index (χ2n) is 5.78. The zero-order valence-corrected chi connectivity index (χ0v) is 14.3. The van der Waals surface area contributed by atoms with Crippen molar-refractivity contribution >= 4 is 39.9 Å². The molecular formula is C19H15ClN2O4. The molecule has 7 heteroatoms. The Morgan fingerprint density at radius 3 is 2.58 bits per heavy atom. The van der Waals surface area contributed by atoms with Crippen LogP contribution < -0.4 is 10.9 Å². The normalized spacial score (nSPS) is 11.9. The molecule has 0 fully saturated rings. The van der Waals surface area contributed by atoms with Crippen molar-refractivity contribution in [3.63, 3.8) is 0 Å². The van der Waals surface area contributed by atoms with Crippen LogP contribution in [0.3, 0.4) is 0 Å². The quantitative estimate of drug-likeness (QED) is 0.641. The standard InChI is InChI=1S/C19H15ClN2O4/c20-15-9-13-12(6-7-21-18(13)25)8-16(15)22-19(26)14(10-17(23)24)11-4-2-1-3-5-11/h1-9,14H,10H2,(H,21,25)(H,22,26)(H,23,24). The van der Waals surface area contributed by atoms with Crippen LogP contribution in [0.1, 0.15) is 17.9 Å². The number of aromatic nitrogens is 1. The molecule has 1 heterocycles. The first kappa shape index (κ1) is 17.7. The van der Waals surface area contributed by atoms with Gasteiger partial charge in [-0.1, -0.05) is 41.9 Å². The number of aliphatic carboxylic acids is 1. The van der Waals surface area contributed by atoms with Crippen LogP contribution in [0.5, 0.6) is 0 Å². The van der Waals surface area contributed by atoms with Gasteiger partial charge in [0.2, 0.25) is 5.91 Å². The van der Waals surface area contributed by atoms with Crippen LogP contribution in [0.15, 0.2) is 59.5 Å². The van der Waals surface area contributed by atoms with E-state index in [1.165, 1.54) is 12.3 Å². The number of hydrogen-bond acceptors (Lipinski definition) is 3. The van der Waals surface area contributed by atoms with Crippen molar-refractivity contribution in [1.82, 2.24) is 4.98 Å². The molecule has 3 aromatic rings. The Balaban J connectivity index is 1.94. The van der Waals surface area contributed by atoms with E-state index in [1.54, 1.807) is 42.5 Å². The van der Waals surface area contributed by atoms with Crippen LogP contribution in [-0.2, 0) is 9.59 Å². The molecule has 0 aliphatic rings. The van der Waals surface area contributed by atoms with Gasteiger partial charge in [-0.25, -0.2) is 0 Å². The van der Waals surface area contributed by atoms with Crippen LogP contribution in [0.4, 0.5) is 5.69 Å². The summed E-state index contributed by atoms with van der Waals surface area (Å²) in [6.07, 6.45) is 1.15. The Kier molecular flexibility index (Phi) is 5.04. The summed E-state index contributed by atoms with van der Waals surface area (Å²) < 4.78 is 0. The molecule has 132 valence electrons. The predicted molar refractivity (Wildman–Crippen MR) is 99.6 cm³/mol. The highest BCUT2D eigenvalue weighted by Gasteiger charge is 2.24. The van der Waals surface area contributed by atoms with Crippen LogP contribution in [0, 0.1) is 0 Å². The van der Waals surface area contributed by atoms with E-state index in [0.717, 1.165) is 0 Å². The number of anilines is 1. The number of carbonyl (C=O) groups excluding carboxylic acids is 1. The number of pyridine rings is 1. The van der Waals surface area contributed by atoms with Crippen molar-refractivity contribution in [2.45, 2.75) is 12.3 Å². The number of carboxylic acids is 1. The molecule has 0 spiro atoms. The highest BCUT2D eigenvalue weighted by Crippen LogP contribution is 2.29. The van der Waals surface area contributed by atoms with Crippen molar-refractivity contribution in [2.75, 3.05) is 5.32 Å². The third kappa shape index (κ3) is 3.75. The number of hydrogen-bond donors (Lipinski definition) is 3. The Labute approximate surface area is 153 Å². The summed E-state index contributed by atoms with van der Waals surface area (Å²) in [5.74, 6) is -2.42. The maximum atomic E-state index is 12.7. The first-order valence-corrected chi connectivity index (χ1v) is 8.22. The lowest BCUT2D eigenvalue weighted by Gasteiger charge is -2.16. The molecule has 3 rings (SSSR count). The third-order valence-corrected chi connectivity index (χ3v) is 4.33. The minimum atomic E-state index is -1.08. The van der Waals surface area contributed by atoms with Crippen LogP contribution in [0.25, 0.3) is 10.8 Å². The summed E-state index contributed by atoms with van der Waals surface area (Å²) in [6, 6.07) is 13.4. The van der Waals surface area contributed by atoms with E-state index in [1.807, 2.05) is 0 Å². The topological polar surface area (TPSA) is 99.3 Å². The Hall–Kier alpha value is -3.12. The molecular weight excluding hydrogens is 356 g/mol. The minimum absolute atomic E-state index is 0.199. The summed E-state index contributed by atoms with van der Waals surface area (Å²) in [5, 5.41) is 13.0. The largest absolute Gasteiger partial charge is 0.481 e. The average molecular weight is 371 g/mol. The molecule has 0 bridgehead atoms. The number of carboxylic acid groups (broad SMARTS) is 1. The van der Waals surface area contributed by atoms with Crippen LogP contribution in [0.2, 0.25) is 5.02 Å². The Morgan fingerprint density at radius 2 is 1.88 bits per heavy atom. The van der Waals surface area contributed by atoms with E-state index in [0.29, 0.717) is 22.0 Å². The van der Waals surface area contributed by atoms with Crippen molar-refractivity contribution in [3.05, 3.63) is 75.7 Å². The van der Waals surface area contributed by atoms with Gasteiger partial charge in [-0.05, 0) is 29.1 Å². The summed E-state index contributed by atoms with van der Waals surface area (Å²) in [5.41, 5.74) is 0.636. The lowest BCUT2D eigenvalue weighted by atomic mass is 9.94. The Bertz CT molecular complexity index is 1030. The van der Waals surface area contributed by atoms with E-state index >= 15 is 0 Å². The first-order chi connectivity index (χ1) is 12.5. The SMILES string of the molecule is O=C(O)CC(C(=O)Nc1cc2cc[nH]c(=O)c2cc1Cl)c1ccccc1. The number of H-pyrrole nitrogens is 1. The van der Waals surface area contributed by atoms with E-state index in [9.17, 15) is 14.4 Å². The van der Waals surface area contributed by atoms with Crippen molar-refractivity contribution in [1.29, 1.82) is 0 Å². The molecule has 1 atom stereocenters. The molecule has 0 saturated heterocycles. The van der Waals surface area contributed by atoms with Gasteiger partial charge in [-0.3, -0.25) is 14.4 Å². The molecule has 0 aliphatic heterocycles. The number of halogens is 1. The molecule has 6 nitrogen and oxygen atoms in total. The maximum absolute atomic E-state index is 12.7. The number of aromatic amines is 1. The molecule has 0 radical (unpaired) electrons. The fourth-order valence-electron chi connectivity index (χ4n) is 2.75. The van der Waals surface area contributed by atoms with Gasteiger partial charge in [0.05, 0.1) is 23.0 Å². The summed E-state index contributed by atoms with van der Waals surface area (Å²) >= 11 is 6.19. The van der Waals surface area contributed by atoms with Gasteiger partial charge in [-0.2, -0.15) is 0 Å².